The van der Waals surface area contributed by atoms with Crippen LogP contribution in [0.15, 0.2) is 12.4 Å². The lowest BCUT2D eigenvalue weighted by Crippen LogP contribution is -2.38. The highest BCUT2D eigenvalue weighted by Gasteiger charge is 2.23. The van der Waals surface area contributed by atoms with Crippen molar-refractivity contribution in [1.82, 2.24) is 9.80 Å². The third-order valence-electron chi connectivity index (χ3n) is 6.40. The standard InChI is InChI=1S/C26H52N2/c1-4-7-8-9-10-11-12-13-14-15-16-17-18-19-20-21-23-28-25-24-27(6-3)26(28)22-5-2/h24-26H,4-23H2,1-3H3. The first-order valence-electron chi connectivity index (χ1n) is 13.0. The molecule has 1 aliphatic rings. The van der Waals surface area contributed by atoms with E-state index < -0.39 is 0 Å². The molecule has 0 spiro atoms. The van der Waals surface area contributed by atoms with Gasteiger partial charge in [0.25, 0.3) is 0 Å². The fourth-order valence-electron chi connectivity index (χ4n) is 4.53. The molecule has 0 radical (unpaired) electrons. The van der Waals surface area contributed by atoms with Crippen LogP contribution in [0.4, 0.5) is 0 Å². The molecule has 1 unspecified atom stereocenters. The smallest absolute Gasteiger partial charge is 0.101 e. The van der Waals surface area contributed by atoms with Crippen molar-refractivity contribution in [2.24, 2.45) is 0 Å². The Bertz CT molecular complexity index is 352. The Morgan fingerprint density at radius 1 is 0.500 bits per heavy atom. The van der Waals surface area contributed by atoms with Crippen molar-refractivity contribution >= 4 is 0 Å². The summed E-state index contributed by atoms with van der Waals surface area (Å²) in [6, 6.07) is 0. The van der Waals surface area contributed by atoms with E-state index in [1.165, 1.54) is 122 Å². The normalized spacial score (nSPS) is 16.5. The van der Waals surface area contributed by atoms with Gasteiger partial charge in [-0.1, -0.05) is 117 Å². The first-order chi connectivity index (χ1) is 13.8. The molecule has 0 amide bonds. The van der Waals surface area contributed by atoms with Gasteiger partial charge in [0.05, 0.1) is 0 Å². The molecule has 0 bridgehead atoms. The largest absolute Gasteiger partial charge is 0.356 e. The highest BCUT2D eigenvalue weighted by atomic mass is 15.4. The predicted molar refractivity (Wildman–Crippen MR) is 126 cm³/mol. The molecule has 0 aromatic heterocycles. The third kappa shape index (κ3) is 12.0. The van der Waals surface area contributed by atoms with Crippen LogP contribution in [0.2, 0.25) is 0 Å². The summed E-state index contributed by atoms with van der Waals surface area (Å²) in [5.74, 6) is 0. The first-order valence-corrected chi connectivity index (χ1v) is 13.0. The van der Waals surface area contributed by atoms with Crippen molar-refractivity contribution in [3.05, 3.63) is 12.4 Å². The Kier molecular flexibility index (Phi) is 16.7. The minimum atomic E-state index is 0.631. The Morgan fingerprint density at radius 3 is 1.36 bits per heavy atom. The van der Waals surface area contributed by atoms with Crippen molar-refractivity contribution in [3.63, 3.8) is 0 Å². The van der Waals surface area contributed by atoms with Gasteiger partial charge in [0.1, 0.15) is 6.17 Å². The average molecular weight is 393 g/mol. The van der Waals surface area contributed by atoms with Crippen LogP contribution >= 0.6 is 0 Å². The maximum atomic E-state index is 2.58. The van der Waals surface area contributed by atoms with Crippen molar-refractivity contribution in [1.29, 1.82) is 0 Å². The SMILES string of the molecule is CCCCCCCCCCCCCCCCCCN1C=CN(CC)C1CCC. The van der Waals surface area contributed by atoms with Gasteiger partial charge in [0.15, 0.2) is 0 Å². The zero-order chi connectivity index (χ0) is 20.3. The van der Waals surface area contributed by atoms with Crippen LogP contribution in [0.3, 0.4) is 0 Å². The molecule has 2 nitrogen and oxygen atoms in total. The van der Waals surface area contributed by atoms with Crippen molar-refractivity contribution in [2.45, 2.75) is 143 Å². The van der Waals surface area contributed by atoms with E-state index in [1.807, 2.05) is 0 Å². The Hall–Kier alpha value is -0.660. The van der Waals surface area contributed by atoms with Crippen LogP contribution in [0, 0.1) is 0 Å². The maximum absolute atomic E-state index is 2.58. The summed E-state index contributed by atoms with van der Waals surface area (Å²) in [7, 11) is 0. The topological polar surface area (TPSA) is 6.48 Å². The molecule has 0 aromatic carbocycles. The lowest BCUT2D eigenvalue weighted by molar-refractivity contribution is 0.145. The molecular weight excluding hydrogens is 340 g/mol. The molecule has 2 heteroatoms. The number of nitrogens with zero attached hydrogens (tertiary/aromatic N) is 2. The van der Waals surface area contributed by atoms with E-state index in [-0.39, 0.29) is 0 Å². The van der Waals surface area contributed by atoms with Gasteiger partial charge in [-0.15, -0.1) is 0 Å². The summed E-state index contributed by atoms with van der Waals surface area (Å²) >= 11 is 0. The molecule has 1 aliphatic heterocycles. The van der Waals surface area contributed by atoms with Gasteiger partial charge in [-0.05, 0) is 19.8 Å². The maximum Gasteiger partial charge on any atom is 0.101 e. The third-order valence-corrected chi connectivity index (χ3v) is 6.40. The van der Waals surface area contributed by atoms with Gasteiger partial charge in [0, 0.05) is 25.5 Å². The zero-order valence-electron chi connectivity index (χ0n) is 19.8. The van der Waals surface area contributed by atoms with Gasteiger partial charge in [-0.3, -0.25) is 0 Å². The highest BCUT2D eigenvalue weighted by Crippen LogP contribution is 2.21. The predicted octanol–water partition coefficient (Wildman–Crippen LogP) is 8.48. The second-order valence-electron chi connectivity index (χ2n) is 8.94. The van der Waals surface area contributed by atoms with Crippen LogP contribution in [0.25, 0.3) is 0 Å². The van der Waals surface area contributed by atoms with E-state index in [0.29, 0.717) is 6.17 Å². The monoisotopic (exact) mass is 392 g/mol. The highest BCUT2D eigenvalue weighted by molar-refractivity contribution is 4.96. The van der Waals surface area contributed by atoms with Gasteiger partial charge in [0.2, 0.25) is 0 Å². The van der Waals surface area contributed by atoms with E-state index in [1.54, 1.807) is 0 Å². The second kappa shape index (κ2) is 18.4. The van der Waals surface area contributed by atoms with Gasteiger partial charge < -0.3 is 9.80 Å². The molecule has 0 N–H and O–H groups in total. The summed E-state index contributed by atoms with van der Waals surface area (Å²) in [6.45, 7) is 9.26. The zero-order valence-corrected chi connectivity index (χ0v) is 19.8. The quantitative estimate of drug-likeness (QED) is 0.192. The molecule has 0 aliphatic carbocycles. The van der Waals surface area contributed by atoms with Crippen LogP contribution in [0.1, 0.15) is 136 Å². The Morgan fingerprint density at radius 2 is 0.929 bits per heavy atom. The average Bonchev–Trinajstić information content (AvgIpc) is 3.09. The van der Waals surface area contributed by atoms with Gasteiger partial charge in [-0.25, -0.2) is 0 Å². The van der Waals surface area contributed by atoms with Gasteiger partial charge >= 0.3 is 0 Å². The van der Waals surface area contributed by atoms with Crippen LogP contribution in [0.5, 0.6) is 0 Å². The van der Waals surface area contributed by atoms with E-state index >= 15 is 0 Å². The number of unbranched alkanes of at least 4 members (excludes halogenated alkanes) is 15. The number of hydrogen-bond donors (Lipinski definition) is 0. The Labute approximate surface area is 178 Å². The van der Waals surface area contributed by atoms with Crippen molar-refractivity contribution in [2.75, 3.05) is 13.1 Å². The van der Waals surface area contributed by atoms with E-state index in [0.717, 1.165) is 6.54 Å². The van der Waals surface area contributed by atoms with E-state index in [2.05, 4.69) is 43.0 Å². The van der Waals surface area contributed by atoms with Crippen molar-refractivity contribution < 1.29 is 0 Å². The molecule has 166 valence electrons. The van der Waals surface area contributed by atoms with Crippen molar-refractivity contribution in [3.8, 4) is 0 Å². The fraction of sp³-hybridized carbons (Fsp3) is 0.923. The van der Waals surface area contributed by atoms with Crippen LogP contribution < -0.4 is 0 Å². The minimum absolute atomic E-state index is 0.631. The second-order valence-corrected chi connectivity index (χ2v) is 8.94. The van der Waals surface area contributed by atoms with E-state index in [4.69, 9.17) is 0 Å². The molecule has 0 aromatic rings. The molecule has 0 saturated carbocycles. The van der Waals surface area contributed by atoms with Gasteiger partial charge in [-0.2, -0.15) is 0 Å². The lowest BCUT2D eigenvalue weighted by atomic mass is 10.0. The summed E-state index contributed by atoms with van der Waals surface area (Å²) in [4.78, 5) is 5.08. The summed E-state index contributed by atoms with van der Waals surface area (Å²) in [6.07, 6.45) is 31.0. The lowest BCUT2D eigenvalue weighted by Gasteiger charge is -2.32. The molecule has 0 saturated heterocycles. The summed E-state index contributed by atoms with van der Waals surface area (Å²) in [5.41, 5.74) is 0. The molecule has 1 heterocycles. The first kappa shape index (κ1) is 25.4. The Balaban J connectivity index is 1.83. The number of hydrogen-bond acceptors (Lipinski definition) is 2. The van der Waals surface area contributed by atoms with E-state index in [9.17, 15) is 0 Å². The number of rotatable bonds is 20. The minimum Gasteiger partial charge on any atom is -0.356 e. The summed E-state index contributed by atoms with van der Waals surface area (Å²) in [5, 5.41) is 0. The molecular formula is C26H52N2. The van der Waals surface area contributed by atoms with Crippen LogP contribution in [-0.4, -0.2) is 29.1 Å². The molecule has 28 heavy (non-hydrogen) atoms. The molecule has 1 rings (SSSR count). The fourth-order valence-corrected chi connectivity index (χ4v) is 4.53. The molecule has 0 fully saturated rings. The summed E-state index contributed by atoms with van der Waals surface area (Å²) < 4.78 is 0. The molecule has 1 atom stereocenters. The van der Waals surface area contributed by atoms with Crippen LogP contribution in [-0.2, 0) is 0 Å².